The summed E-state index contributed by atoms with van der Waals surface area (Å²) < 4.78 is 25.2. The van der Waals surface area contributed by atoms with Gasteiger partial charge in [-0.05, 0) is 11.6 Å². The van der Waals surface area contributed by atoms with Crippen LogP contribution in [0.1, 0.15) is 13.8 Å². The van der Waals surface area contributed by atoms with Gasteiger partial charge in [-0.25, -0.2) is 18.4 Å². The Kier molecular flexibility index (Phi) is 4.01. The Morgan fingerprint density at radius 2 is 1.73 bits per heavy atom. The van der Waals surface area contributed by atoms with Gasteiger partial charge in [-0.1, -0.05) is 13.8 Å². The van der Waals surface area contributed by atoms with Crippen LogP contribution in [0, 0.1) is 0 Å². The predicted octanol–water partition coefficient (Wildman–Crippen LogP) is 1.16. The van der Waals surface area contributed by atoms with E-state index in [2.05, 4.69) is 9.97 Å². The summed E-state index contributed by atoms with van der Waals surface area (Å²) in [6.07, 6.45) is 2.42. The van der Waals surface area contributed by atoms with E-state index in [9.17, 15) is 8.42 Å². The highest BCUT2D eigenvalue weighted by atomic mass is 35.5. The van der Waals surface area contributed by atoms with Crippen molar-refractivity contribution in [1.29, 1.82) is 0 Å². The summed E-state index contributed by atoms with van der Waals surface area (Å²) in [6, 6.07) is 0. The molecular formula is C8H12ClN3O2S. The fourth-order valence-electron chi connectivity index (χ4n) is 1.15. The van der Waals surface area contributed by atoms with Crippen molar-refractivity contribution in [2.24, 2.45) is 0 Å². The lowest BCUT2D eigenvalue weighted by atomic mass is 10.7. The Morgan fingerprint density at radius 1 is 1.27 bits per heavy atom. The number of hydrogen-bond acceptors (Lipinski definition) is 4. The van der Waals surface area contributed by atoms with Crippen LogP contribution in [-0.2, 0) is 10.0 Å². The average Bonchev–Trinajstić information content (AvgIpc) is 2.19. The second kappa shape index (κ2) is 4.87. The Morgan fingerprint density at radius 3 is 2.13 bits per heavy atom. The van der Waals surface area contributed by atoms with E-state index in [1.807, 2.05) is 0 Å². The third-order valence-corrected chi connectivity index (χ3v) is 4.14. The van der Waals surface area contributed by atoms with Crippen LogP contribution in [0.4, 0.5) is 0 Å². The van der Waals surface area contributed by atoms with Crippen LogP contribution in [0.25, 0.3) is 0 Å². The molecule has 84 valence electrons. The lowest BCUT2D eigenvalue weighted by Gasteiger charge is -2.17. The van der Waals surface area contributed by atoms with E-state index in [4.69, 9.17) is 11.6 Å². The molecule has 1 aromatic heterocycles. The molecule has 0 N–H and O–H groups in total. The lowest BCUT2D eigenvalue weighted by Crippen LogP contribution is -2.30. The molecule has 0 bridgehead atoms. The van der Waals surface area contributed by atoms with Crippen molar-refractivity contribution in [2.75, 3.05) is 13.1 Å². The molecule has 0 spiro atoms. The fraction of sp³-hybridized carbons (Fsp3) is 0.500. The van der Waals surface area contributed by atoms with Crippen LogP contribution >= 0.6 is 11.6 Å². The van der Waals surface area contributed by atoms with Gasteiger partial charge in [0.2, 0.25) is 15.3 Å². The van der Waals surface area contributed by atoms with Gasteiger partial charge >= 0.3 is 0 Å². The minimum absolute atomic E-state index is 0.0356. The molecule has 0 saturated heterocycles. The van der Waals surface area contributed by atoms with Gasteiger partial charge in [-0.2, -0.15) is 4.31 Å². The number of halogens is 1. The molecule has 0 aliphatic rings. The molecule has 0 saturated carbocycles. The SMILES string of the molecule is CCN(CC)S(=O)(=O)c1cnc(Cl)nc1. The maximum absolute atomic E-state index is 11.9. The van der Waals surface area contributed by atoms with Crippen LogP contribution in [0.2, 0.25) is 5.28 Å². The summed E-state index contributed by atoms with van der Waals surface area (Å²) in [5, 5.41) is 0.0356. The van der Waals surface area contributed by atoms with E-state index in [-0.39, 0.29) is 10.2 Å². The highest BCUT2D eigenvalue weighted by Gasteiger charge is 2.22. The van der Waals surface area contributed by atoms with E-state index in [0.29, 0.717) is 13.1 Å². The first-order valence-corrected chi connectivity index (χ1v) is 6.31. The Labute approximate surface area is 94.2 Å². The van der Waals surface area contributed by atoms with Crippen LogP contribution < -0.4 is 0 Å². The van der Waals surface area contributed by atoms with Crippen LogP contribution in [0.3, 0.4) is 0 Å². The third kappa shape index (κ3) is 2.64. The second-order valence-electron chi connectivity index (χ2n) is 2.78. The van der Waals surface area contributed by atoms with Crippen LogP contribution in [0.15, 0.2) is 17.3 Å². The van der Waals surface area contributed by atoms with Crippen molar-refractivity contribution < 1.29 is 8.42 Å². The highest BCUT2D eigenvalue weighted by Crippen LogP contribution is 2.13. The van der Waals surface area contributed by atoms with E-state index in [1.165, 1.54) is 16.7 Å². The Balaban J connectivity index is 3.11. The first-order chi connectivity index (χ1) is 7.02. The summed E-state index contributed by atoms with van der Waals surface area (Å²) in [7, 11) is -3.47. The fourth-order valence-corrected chi connectivity index (χ4v) is 2.59. The molecule has 0 aromatic carbocycles. The smallest absolute Gasteiger partial charge is 0.225 e. The van der Waals surface area contributed by atoms with E-state index in [0.717, 1.165) is 0 Å². The molecule has 15 heavy (non-hydrogen) atoms. The average molecular weight is 250 g/mol. The zero-order valence-electron chi connectivity index (χ0n) is 8.51. The van der Waals surface area contributed by atoms with Crippen molar-refractivity contribution in [1.82, 2.24) is 14.3 Å². The molecule has 0 aliphatic carbocycles. The van der Waals surface area contributed by atoms with Crippen LogP contribution in [-0.4, -0.2) is 35.8 Å². The minimum atomic E-state index is -3.47. The molecule has 0 aliphatic heterocycles. The molecule has 0 amide bonds. The van der Waals surface area contributed by atoms with Gasteiger partial charge in [0.1, 0.15) is 4.90 Å². The molecule has 7 heteroatoms. The highest BCUT2D eigenvalue weighted by molar-refractivity contribution is 7.89. The second-order valence-corrected chi connectivity index (χ2v) is 5.05. The van der Waals surface area contributed by atoms with Crippen LogP contribution in [0.5, 0.6) is 0 Å². The van der Waals surface area contributed by atoms with Crippen molar-refractivity contribution in [2.45, 2.75) is 18.7 Å². The van der Waals surface area contributed by atoms with Gasteiger partial charge in [0.25, 0.3) is 0 Å². The van der Waals surface area contributed by atoms with Crippen molar-refractivity contribution in [3.05, 3.63) is 17.7 Å². The number of rotatable bonds is 4. The van der Waals surface area contributed by atoms with Crippen molar-refractivity contribution >= 4 is 21.6 Å². The summed E-state index contributed by atoms with van der Waals surface area (Å²) in [4.78, 5) is 7.36. The normalized spacial score (nSPS) is 12.0. The molecule has 1 heterocycles. The predicted molar refractivity (Wildman–Crippen MR) is 57.1 cm³/mol. The zero-order chi connectivity index (χ0) is 11.5. The van der Waals surface area contributed by atoms with Gasteiger partial charge in [-0.15, -0.1) is 0 Å². The van der Waals surface area contributed by atoms with Crippen molar-refractivity contribution in [3.63, 3.8) is 0 Å². The monoisotopic (exact) mass is 249 g/mol. The topological polar surface area (TPSA) is 63.2 Å². The Bertz CT molecular complexity index is 414. The van der Waals surface area contributed by atoms with E-state index >= 15 is 0 Å². The number of nitrogens with zero attached hydrogens (tertiary/aromatic N) is 3. The first kappa shape index (κ1) is 12.4. The largest absolute Gasteiger partial charge is 0.246 e. The minimum Gasteiger partial charge on any atom is -0.225 e. The van der Waals surface area contributed by atoms with Gasteiger partial charge in [0, 0.05) is 13.1 Å². The molecule has 0 radical (unpaired) electrons. The molecule has 1 aromatic rings. The summed E-state index contributed by atoms with van der Waals surface area (Å²) in [5.74, 6) is 0. The number of hydrogen-bond donors (Lipinski definition) is 0. The van der Waals surface area contributed by atoms with Gasteiger partial charge < -0.3 is 0 Å². The quantitative estimate of drug-likeness (QED) is 0.752. The van der Waals surface area contributed by atoms with Gasteiger partial charge in [0.15, 0.2) is 0 Å². The third-order valence-electron chi connectivity index (χ3n) is 1.94. The maximum Gasteiger partial charge on any atom is 0.246 e. The summed E-state index contributed by atoms with van der Waals surface area (Å²) in [5.41, 5.74) is 0. The number of sulfonamides is 1. The molecule has 0 unspecified atom stereocenters. The molecule has 0 fully saturated rings. The number of aromatic nitrogens is 2. The molecular weight excluding hydrogens is 238 g/mol. The Hall–Kier alpha value is -0.720. The maximum atomic E-state index is 11.9. The van der Waals surface area contributed by atoms with Crippen molar-refractivity contribution in [3.8, 4) is 0 Å². The van der Waals surface area contributed by atoms with E-state index < -0.39 is 10.0 Å². The zero-order valence-corrected chi connectivity index (χ0v) is 10.1. The lowest BCUT2D eigenvalue weighted by molar-refractivity contribution is 0.444. The molecule has 0 atom stereocenters. The summed E-state index contributed by atoms with van der Waals surface area (Å²) >= 11 is 5.48. The molecule has 5 nitrogen and oxygen atoms in total. The summed E-state index contributed by atoms with van der Waals surface area (Å²) in [6.45, 7) is 4.39. The van der Waals surface area contributed by atoms with Gasteiger partial charge in [-0.3, -0.25) is 0 Å². The first-order valence-electron chi connectivity index (χ1n) is 4.50. The standard InChI is InChI=1S/C8H12ClN3O2S/c1-3-12(4-2)15(13,14)7-5-10-8(9)11-6-7/h5-6H,3-4H2,1-2H3. The van der Waals surface area contributed by atoms with E-state index in [1.54, 1.807) is 13.8 Å². The van der Waals surface area contributed by atoms with Gasteiger partial charge in [0.05, 0.1) is 12.4 Å². The molecule has 1 rings (SSSR count).